The van der Waals surface area contributed by atoms with E-state index < -0.39 is 0 Å². The van der Waals surface area contributed by atoms with Gasteiger partial charge >= 0.3 is 0 Å². The number of amides is 1. The van der Waals surface area contributed by atoms with Crippen molar-refractivity contribution in [2.45, 2.75) is 18.8 Å². The molecule has 0 radical (unpaired) electrons. The molecule has 1 aliphatic carbocycles. The zero-order valence-electron chi connectivity index (χ0n) is 9.26. The highest BCUT2D eigenvalue weighted by Crippen LogP contribution is 2.40. The number of rotatable bonds is 3. The smallest absolute Gasteiger partial charge is 0.277 e. The van der Waals surface area contributed by atoms with Gasteiger partial charge in [0.15, 0.2) is 16.0 Å². The summed E-state index contributed by atoms with van der Waals surface area (Å²) in [5, 5.41) is 12.9. The molecule has 0 bridgehead atoms. The number of halogens is 1. The third-order valence-corrected chi connectivity index (χ3v) is 3.58. The Hall–Kier alpha value is -1.53. The molecule has 18 heavy (non-hydrogen) atoms. The van der Waals surface area contributed by atoms with Crippen LogP contribution in [0.15, 0.2) is 17.5 Å². The zero-order chi connectivity index (χ0) is 12.5. The molecule has 0 saturated heterocycles. The molecule has 3 rings (SSSR count). The van der Waals surface area contributed by atoms with E-state index in [0.717, 1.165) is 5.69 Å². The summed E-state index contributed by atoms with van der Waals surface area (Å²) in [5.41, 5.74) is 1.29. The van der Waals surface area contributed by atoms with Crippen molar-refractivity contribution in [1.82, 2.24) is 15.2 Å². The Bertz CT molecular complexity index is 579. The molecule has 0 unspecified atom stereocenters. The van der Waals surface area contributed by atoms with E-state index in [4.69, 9.17) is 11.6 Å². The quantitative estimate of drug-likeness (QED) is 0.939. The highest BCUT2D eigenvalue weighted by atomic mass is 35.5. The van der Waals surface area contributed by atoms with Gasteiger partial charge in [-0.1, -0.05) is 11.6 Å². The predicted molar refractivity (Wildman–Crippen MR) is 69.1 cm³/mol. The fourth-order valence-electron chi connectivity index (χ4n) is 1.51. The first kappa shape index (κ1) is 11.6. The number of aromatic nitrogens is 3. The fourth-order valence-corrected chi connectivity index (χ4v) is 2.40. The van der Waals surface area contributed by atoms with E-state index in [1.807, 2.05) is 5.38 Å². The van der Waals surface area contributed by atoms with Crippen LogP contribution in [0.4, 0.5) is 5.13 Å². The number of nitrogens with zero attached hydrogens (tertiary/aromatic N) is 3. The molecule has 0 aromatic carbocycles. The normalized spacial score (nSPS) is 14.5. The summed E-state index contributed by atoms with van der Waals surface area (Å²) in [5.74, 6) is 0.262. The molecule has 1 saturated carbocycles. The molecular weight excluding hydrogens is 272 g/mol. The summed E-state index contributed by atoms with van der Waals surface area (Å²) in [6.07, 6.45) is 2.39. The number of hydrogen-bond donors (Lipinski definition) is 1. The lowest BCUT2D eigenvalue weighted by molar-refractivity contribution is 0.102. The van der Waals surface area contributed by atoms with Gasteiger partial charge in [-0.05, 0) is 25.0 Å². The molecule has 0 spiro atoms. The Labute approximate surface area is 112 Å². The van der Waals surface area contributed by atoms with Crippen LogP contribution in [0.3, 0.4) is 0 Å². The predicted octanol–water partition coefficient (Wildman–Crippen LogP) is 2.72. The van der Waals surface area contributed by atoms with Gasteiger partial charge in [-0.2, -0.15) is 0 Å². The first-order valence-electron chi connectivity index (χ1n) is 5.48. The molecule has 1 fully saturated rings. The van der Waals surface area contributed by atoms with Crippen LogP contribution in [0.2, 0.25) is 5.15 Å². The van der Waals surface area contributed by atoms with Crippen LogP contribution >= 0.6 is 22.9 Å². The summed E-state index contributed by atoms with van der Waals surface area (Å²) in [6.45, 7) is 0. The Kier molecular flexibility index (Phi) is 2.97. The van der Waals surface area contributed by atoms with Crippen LogP contribution in [-0.4, -0.2) is 21.1 Å². The molecular formula is C11H9ClN4OS. The largest absolute Gasteiger partial charge is 0.296 e. The van der Waals surface area contributed by atoms with Crippen molar-refractivity contribution in [2.24, 2.45) is 0 Å². The number of hydrogen-bond acceptors (Lipinski definition) is 5. The molecule has 1 N–H and O–H groups in total. The molecule has 5 nitrogen and oxygen atoms in total. The number of carbonyl (C=O) groups excluding carboxylic acids is 1. The van der Waals surface area contributed by atoms with Gasteiger partial charge < -0.3 is 0 Å². The van der Waals surface area contributed by atoms with Crippen LogP contribution in [0.5, 0.6) is 0 Å². The summed E-state index contributed by atoms with van der Waals surface area (Å²) in [6, 6.07) is 3.06. The molecule has 0 aliphatic heterocycles. The minimum Gasteiger partial charge on any atom is -0.296 e. The third kappa shape index (κ3) is 2.49. The molecule has 2 aromatic rings. The van der Waals surface area contributed by atoms with Crippen molar-refractivity contribution in [2.75, 3.05) is 5.32 Å². The number of anilines is 1. The van der Waals surface area contributed by atoms with E-state index in [1.165, 1.54) is 36.3 Å². The monoisotopic (exact) mass is 280 g/mol. The summed E-state index contributed by atoms with van der Waals surface area (Å²) in [7, 11) is 0. The number of nitrogens with one attached hydrogen (secondary N) is 1. The van der Waals surface area contributed by atoms with Gasteiger partial charge in [-0.3, -0.25) is 10.1 Å². The van der Waals surface area contributed by atoms with Gasteiger partial charge in [0.2, 0.25) is 0 Å². The van der Waals surface area contributed by atoms with Crippen LogP contribution < -0.4 is 5.32 Å². The Morgan fingerprint density at radius 3 is 2.89 bits per heavy atom. The fraction of sp³-hybridized carbons (Fsp3) is 0.273. The zero-order valence-corrected chi connectivity index (χ0v) is 10.8. The van der Waals surface area contributed by atoms with Crippen molar-refractivity contribution in [3.63, 3.8) is 0 Å². The second-order valence-corrected chi connectivity index (χ2v) is 5.29. The standard InChI is InChI=1S/C11H9ClN4OS/c12-9-4-3-7(15-16-9)10(17)14-11-13-8(5-18-11)6-1-2-6/h3-6H,1-2H2,(H,13,14,17). The van der Waals surface area contributed by atoms with Crippen LogP contribution in [0, 0.1) is 0 Å². The topological polar surface area (TPSA) is 67.8 Å². The van der Waals surface area contributed by atoms with Crippen molar-refractivity contribution >= 4 is 34.0 Å². The van der Waals surface area contributed by atoms with E-state index in [2.05, 4.69) is 20.5 Å². The number of carbonyl (C=O) groups is 1. The minimum absolute atomic E-state index is 0.225. The van der Waals surface area contributed by atoms with E-state index >= 15 is 0 Å². The van der Waals surface area contributed by atoms with Crippen LogP contribution in [-0.2, 0) is 0 Å². The SMILES string of the molecule is O=C(Nc1nc(C2CC2)cs1)c1ccc(Cl)nn1. The lowest BCUT2D eigenvalue weighted by Gasteiger charge is -1.99. The Morgan fingerprint density at radius 1 is 1.39 bits per heavy atom. The maximum atomic E-state index is 11.8. The van der Waals surface area contributed by atoms with Crippen molar-refractivity contribution in [1.29, 1.82) is 0 Å². The summed E-state index contributed by atoms with van der Waals surface area (Å²) >= 11 is 7.03. The number of thiazole rings is 1. The highest BCUT2D eigenvalue weighted by Gasteiger charge is 2.26. The van der Waals surface area contributed by atoms with Gasteiger partial charge in [-0.15, -0.1) is 21.5 Å². The summed E-state index contributed by atoms with van der Waals surface area (Å²) < 4.78 is 0. The first-order chi connectivity index (χ1) is 8.72. The second-order valence-electron chi connectivity index (χ2n) is 4.05. The summed E-state index contributed by atoms with van der Waals surface area (Å²) in [4.78, 5) is 16.2. The highest BCUT2D eigenvalue weighted by molar-refractivity contribution is 7.14. The Balaban J connectivity index is 1.70. The lowest BCUT2D eigenvalue weighted by atomic mass is 10.3. The maximum Gasteiger partial charge on any atom is 0.277 e. The lowest BCUT2D eigenvalue weighted by Crippen LogP contribution is -2.14. The van der Waals surface area contributed by atoms with E-state index in [0.29, 0.717) is 11.0 Å². The minimum atomic E-state index is -0.323. The molecule has 1 aliphatic rings. The average Bonchev–Trinajstić information content (AvgIpc) is 3.11. The molecule has 7 heteroatoms. The second kappa shape index (κ2) is 4.62. The molecule has 0 atom stereocenters. The van der Waals surface area contributed by atoms with Crippen LogP contribution in [0.1, 0.15) is 34.9 Å². The van der Waals surface area contributed by atoms with E-state index in [-0.39, 0.29) is 16.8 Å². The van der Waals surface area contributed by atoms with Gasteiger partial charge in [0.05, 0.1) is 5.69 Å². The van der Waals surface area contributed by atoms with E-state index in [1.54, 1.807) is 0 Å². The van der Waals surface area contributed by atoms with Crippen molar-refractivity contribution < 1.29 is 4.79 Å². The van der Waals surface area contributed by atoms with Gasteiger partial charge in [-0.25, -0.2) is 4.98 Å². The van der Waals surface area contributed by atoms with Gasteiger partial charge in [0.1, 0.15) is 0 Å². The molecule has 2 heterocycles. The Morgan fingerprint density at radius 2 is 2.22 bits per heavy atom. The average molecular weight is 281 g/mol. The molecule has 92 valence electrons. The van der Waals surface area contributed by atoms with Crippen molar-refractivity contribution in [3.05, 3.63) is 34.1 Å². The first-order valence-corrected chi connectivity index (χ1v) is 6.74. The van der Waals surface area contributed by atoms with Gasteiger partial charge in [0.25, 0.3) is 5.91 Å². The maximum absolute atomic E-state index is 11.8. The molecule has 1 amide bonds. The van der Waals surface area contributed by atoms with Crippen molar-refractivity contribution in [3.8, 4) is 0 Å². The molecule has 2 aromatic heterocycles. The van der Waals surface area contributed by atoms with Crippen LogP contribution in [0.25, 0.3) is 0 Å². The third-order valence-electron chi connectivity index (χ3n) is 2.60. The van der Waals surface area contributed by atoms with E-state index in [9.17, 15) is 4.79 Å². The van der Waals surface area contributed by atoms with Gasteiger partial charge in [0, 0.05) is 11.3 Å².